The van der Waals surface area contributed by atoms with Crippen molar-refractivity contribution in [3.05, 3.63) is 34.9 Å². The van der Waals surface area contributed by atoms with Gasteiger partial charge in [0, 0.05) is 17.3 Å². The first kappa shape index (κ1) is 12.3. The van der Waals surface area contributed by atoms with Gasteiger partial charge in [0.25, 0.3) is 5.89 Å². The van der Waals surface area contributed by atoms with E-state index >= 15 is 0 Å². The third kappa shape index (κ3) is 2.96. The highest BCUT2D eigenvalue weighted by atomic mass is 35.5. The molecule has 0 bridgehead atoms. The van der Waals surface area contributed by atoms with E-state index in [2.05, 4.69) is 10.2 Å². The van der Waals surface area contributed by atoms with Gasteiger partial charge in [-0.3, -0.25) is 0 Å². The lowest BCUT2D eigenvalue weighted by atomic mass is 10.2. The number of halogens is 3. The summed E-state index contributed by atoms with van der Waals surface area (Å²) in [6.07, 6.45) is 1.33. The van der Waals surface area contributed by atoms with Gasteiger partial charge in [-0.1, -0.05) is 11.6 Å². The van der Waals surface area contributed by atoms with E-state index in [1.54, 1.807) is 6.07 Å². The molecule has 0 spiro atoms. The van der Waals surface area contributed by atoms with Crippen LogP contribution >= 0.6 is 23.2 Å². The van der Waals surface area contributed by atoms with Crippen molar-refractivity contribution in [3.63, 3.8) is 0 Å². The highest BCUT2D eigenvalue weighted by Gasteiger charge is 2.12. The van der Waals surface area contributed by atoms with Gasteiger partial charge in [-0.2, -0.15) is 0 Å². The van der Waals surface area contributed by atoms with Crippen LogP contribution in [0.3, 0.4) is 0 Å². The lowest BCUT2D eigenvalue weighted by Crippen LogP contribution is -1.85. The highest BCUT2D eigenvalue weighted by Crippen LogP contribution is 2.24. The molecule has 1 heterocycles. The summed E-state index contributed by atoms with van der Waals surface area (Å²) >= 11 is 11.2. The second-order valence-electron chi connectivity index (χ2n) is 3.42. The molecule has 0 radical (unpaired) electrons. The molecule has 1 aromatic carbocycles. The molecule has 2 rings (SSSR count). The van der Waals surface area contributed by atoms with E-state index in [0.29, 0.717) is 23.2 Å². The zero-order chi connectivity index (χ0) is 12.3. The largest absolute Gasteiger partial charge is 0.421 e. The molecule has 3 nitrogen and oxygen atoms in total. The van der Waals surface area contributed by atoms with E-state index in [4.69, 9.17) is 27.6 Å². The first-order chi connectivity index (χ1) is 8.20. The zero-order valence-electron chi connectivity index (χ0n) is 8.79. The third-order valence-corrected chi connectivity index (χ3v) is 2.66. The predicted molar refractivity (Wildman–Crippen MR) is 63.7 cm³/mol. The fourth-order valence-corrected chi connectivity index (χ4v) is 1.64. The molecular weight excluding hydrogens is 266 g/mol. The smallest absolute Gasteiger partial charge is 0.250 e. The summed E-state index contributed by atoms with van der Waals surface area (Å²) in [4.78, 5) is 0. The number of nitrogens with zero attached hydrogens (tertiary/aromatic N) is 2. The summed E-state index contributed by atoms with van der Waals surface area (Å²) in [5.74, 6) is 0.649. The first-order valence-electron chi connectivity index (χ1n) is 5.04. The Kier molecular flexibility index (Phi) is 3.97. The Morgan fingerprint density at radius 3 is 2.82 bits per heavy atom. The minimum Gasteiger partial charge on any atom is -0.421 e. The summed E-state index contributed by atoms with van der Waals surface area (Å²) in [6.45, 7) is 0. The Bertz CT molecular complexity index is 516. The highest BCUT2D eigenvalue weighted by molar-refractivity contribution is 6.30. The van der Waals surface area contributed by atoms with Crippen molar-refractivity contribution >= 4 is 23.2 Å². The van der Waals surface area contributed by atoms with Crippen molar-refractivity contribution in [2.24, 2.45) is 0 Å². The topological polar surface area (TPSA) is 38.9 Å². The van der Waals surface area contributed by atoms with Crippen LogP contribution in [0.15, 0.2) is 22.6 Å². The van der Waals surface area contributed by atoms with E-state index in [1.165, 1.54) is 12.1 Å². The fourth-order valence-electron chi connectivity index (χ4n) is 1.34. The van der Waals surface area contributed by atoms with Gasteiger partial charge in [-0.25, -0.2) is 4.39 Å². The molecular formula is C11H9Cl2FN2O. The average Bonchev–Trinajstić information content (AvgIpc) is 2.75. The van der Waals surface area contributed by atoms with Gasteiger partial charge >= 0.3 is 0 Å². The van der Waals surface area contributed by atoms with Crippen LogP contribution in [0.25, 0.3) is 11.5 Å². The number of hydrogen-bond acceptors (Lipinski definition) is 3. The first-order valence-corrected chi connectivity index (χ1v) is 5.95. The van der Waals surface area contributed by atoms with E-state index in [1.807, 2.05) is 0 Å². The van der Waals surface area contributed by atoms with Crippen molar-refractivity contribution in [2.75, 3.05) is 5.88 Å². The summed E-state index contributed by atoms with van der Waals surface area (Å²) in [6, 6.07) is 4.29. The molecule has 0 N–H and O–H groups in total. The number of alkyl halides is 1. The van der Waals surface area contributed by atoms with Gasteiger partial charge in [-0.05, 0) is 24.6 Å². The molecule has 0 aliphatic rings. The van der Waals surface area contributed by atoms with Gasteiger partial charge in [0.1, 0.15) is 5.82 Å². The van der Waals surface area contributed by atoms with Gasteiger partial charge in [0.2, 0.25) is 5.89 Å². The molecule has 0 atom stereocenters. The minimum absolute atomic E-state index is 0.156. The van der Waals surface area contributed by atoms with Gasteiger partial charge in [-0.15, -0.1) is 21.8 Å². The second kappa shape index (κ2) is 5.47. The quantitative estimate of drug-likeness (QED) is 0.798. The number of hydrogen-bond donors (Lipinski definition) is 0. The molecule has 0 aliphatic heterocycles. The number of benzene rings is 1. The zero-order valence-corrected chi connectivity index (χ0v) is 10.3. The summed E-state index contributed by atoms with van der Waals surface area (Å²) in [5, 5.41) is 7.93. The maximum absolute atomic E-state index is 13.6. The molecule has 17 heavy (non-hydrogen) atoms. The van der Waals surface area contributed by atoms with Crippen LogP contribution in [-0.2, 0) is 6.42 Å². The van der Waals surface area contributed by atoms with Crippen LogP contribution in [-0.4, -0.2) is 16.1 Å². The molecule has 90 valence electrons. The van der Waals surface area contributed by atoms with Gasteiger partial charge < -0.3 is 4.42 Å². The van der Waals surface area contributed by atoms with Crippen LogP contribution in [0.2, 0.25) is 5.02 Å². The average molecular weight is 275 g/mol. The number of aryl methyl sites for hydroxylation is 1. The molecule has 0 saturated carbocycles. The number of rotatable bonds is 4. The lowest BCUT2D eigenvalue weighted by Gasteiger charge is -1.97. The Labute approximate surface area is 108 Å². The van der Waals surface area contributed by atoms with Crippen LogP contribution in [0.5, 0.6) is 0 Å². The minimum atomic E-state index is -0.481. The fraction of sp³-hybridized carbons (Fsp3) is 0.273. The van der Waals surface area contributed by atoms with Crippen molar-refractivity contribution in [2.45, 2.75) is 12.8 Å². The lowest BCUT2D eigenvalue weighted by molar-refractivity contribution is 0.498. The van der Waals surface area contributed by atoms with E-state index in [-0.39, 0.29) is 11.5 Å². The Morgan fingerprint density at radius 2 is 2.12 bits per heavy atom. The molecule has 0 saturated heterocycles. The van der Waals surface area contributed by atoms with Gasteiger partial charge in [0.15, 0.2) is 0 Å². The summed E-state index contributed by atoms with van der Waals surface area (Å²) in [5.41, 5.74) is 0.249. The molecule has 0 fully saturated rings. The molecule has 0 amide bonds. The Balaban J connectivity index is 2.24. The third-order valence-electron chi connectivity index (χ3n) is 2.15. The van der Waals surface area contributed by atoms with E-state index in [0.717, 1.165) is 6.42 Å². The van der Waals surface area contributed by atoms with Crippen molar-refractivity contribution in [1.29, 1.82) is 0 Å². The monoisotopic (exact) mass is 274 g/mol. The summed E-state index contributed by atoms with van der Waals surface area (Å²) < 4.78 is 18.9. The maximum atomic E-state index is 13.6. The Hall–Kier alpha value is -1.13. The van der Waals surface area contributed by atoms with Crippen molar-refractivity contribution in [3.8, 4) is 11.5 Å². The standard InChI is InChI=1S/C11H9Cl2FN2O/c12-5-1-2-10-15-16-11(17-10)8-4-3-7(13)6-9(8)14/h3-4,6H,1-2,5H2. The van der Waals surface area contributed by atoms with Crippen LogP contribution in [0.1, 0.15) is 12.3 Å². The van der Waals surface area contributed by atoms with E-state index in [9.17, 15) is 4.39 Å². The molecule has 6 heteroatoms. The molecule has 0 aliphatic carbocycles. The van der Waals surface area contributed by atoms with Gasteiger partial charge in [0.05, 0.1) is 5.56 Å². The summed E-state index contributed by atoms with van der Waals surface area (Å²) in [7, 11) is 0. The van der Waals surface area contributed by atoms with Crippen molar-refractivity contribution < 1.29 is 8.81 Å². The predicted octanol–water partition coefficient (Wildman–Crippen LogP) is 3.70. The second-order valence-corrected chi connectivity index (χ2v) is 4.23. The molecule has 2 aromatic rings. The van der Waals surface area contributed by atoms with E-state index < -0.39 is 5.82 Å². The SMILES string of the molecule is Fc1cc(Cl)ccc1-c1nnc(CCCCl)o1. The number of aromatic nitrogens is 2. The van der Waals surface area contributed by atoms with Crippen molar-refractivity contribution in [1.82, 2.24) is 10.2 Å². The van der Waals surface area contributed by atoms with Crippen LogP contribution < -0.4 is 0 Å². The molecule has 0 unspecified atom stereocenters. The normalized spacial score (nSPS) is 10.8. The van der Waals surface area contributed by atoms with Crippen LogP contribution in [0, 0.1) is 5.82 Å². The Morgan fingerprint density at radius 1 is 1.29 bits per heavy atom. The maximum Gasteiger partial charge on any atom is 0.250 e. The molecule has 1 aromatic heterocycles. The van der Waals surface area contributed by atoms with Crippen LogP contribution in [0.4, 0.5) is 4.39 Å².